The number of hydrogen-bond acceptors (Lipinski definition) is 6. The molecule has 0 spiro atoms. The van der Waals surface area contributed by atoms with Gasteiger partial charge in [-0.05, 0) is 110 Å². The molecule has 4 amide bonds. The number of anilines is 2. The molecule has 9 heteroatoms. The highest BCUT2D eigenvalue weighted by atomic mass is 79.9. The number of fused-ring (bicyclic) bond motifs is 1. The molecule has 6 aromatic rings. The minimum absolute atomic E-state index is 0.0698. The van der Waals surface area contributed by atoms with E-state index in [9.17, 15) is 14.4 Å². The largest absolute Gasteiger partial charge is 0.493 e. The lowest BCUT2D eigenvalue weighted by molar-refractivity contribution is -0.122. The molecule has 0 aliphatic carbocycles. The first kappa shape index (κ1) is 36.4. The van der Waals surface area contributed by atoms with Crippen LogP contribution in [0.1, 0.15) is 63.6 Å². The first-order valence-corrected chi connectivity index (χ1v) is 20.0. The van der Waals surface area contributed by atoms with Crippen LogP contribution in [0.3, 0.4) is 0 Å². The molecule has 57 heavy (non-hydrogen) atoms. The number of methoxy groups -OCH3 is 1. The smallest absolute Gasteiger partial charge is 0.335 e. The predicted octanol–water partition coefficient (Wildman–Crippen LogP) is 10.0. The molecule has 0 aromatic heterocycles. The number of carbonyl (C=O) groups excluding carboxylic acids is 3. The van der Waals surface area contributed by atoms with Crippen LogP contribution in [-0.2, 0) is 16.2 Å². The summed E-state index contributed by atoms with van der Waals surface area (Å²) in [5.41, 5.74) is 8.64. The summed E-state index contributed by atoms with van der Waals surface area (Å²) in [7, 11) is 1.54. The minimum atomic E-state index is -0.781. The van der Waals surface area contributed by atoms with Gasteiger partial charge in [-0.3, -0.25) is 14.9 Å². The van der Waals surface area contributed by atoms with Crippen LogP contribution in [0.5, 0.6) is 11.5 Å². The third-order valence-electron chi connectivity index (χ3n) is 11.6. The highest BCUT2D eigenvalue weighted by molar-refractivity contribution is 9.10. The molecule has 0 unspecified atom stereocenters. The van der Waals surface area contributed by atoms with E-state index in [2.05, 4.69) is 81.6 Å². The molecular weight excluding hydrogens is 778 g/mol. The number of hydrogen-bond donors (Lipinski definition) is 1. The molecule has 1 saturated heterocycles. The Bertz CT molecular complexity index is 2530. The van der Waals surface area contributed by atoms with Gasteiger partial charge in [0.05, 0.1) is 17.3 Å². The Hall–Kier alpha value is -6.19. The van der Waals surface area contributed by atoms with Gasteiger partial charge in [-0.25, -0.2) is 9.69 Å². The first-order valence-electron chi connectivity index (χ1n) is 19.2. The normalized spacial score (nSPS) is 18.4. The van der Waals surface area contributed by atoms with Gasteiger partial charge in [0.1, 0.15) is 12.2 Å². The third-order valence-corrected chi connectivity index (χ3v) is 12.1. The molecule has 6 aromatic carbocycles. The fraction of sp³-hybridized carbons (Fsp3) is 0.188. The first-order chi connectivity index (χ1) is 27.8. The summed E-state index contributed by atoms with van der Waals surface area (Å²) in [5, 5.41) is 4.69. The molecular formula is C48H40BrN3O5. The van der Waals surface area contributed by atoms with Crippen LogP contribution in [0.15, 0.2) is 131 Å². The fourth-order valence-electron chi connectivity index (χ4n) is 8.77. The van der Waals surface area contributed by atoms with Crippen molar-refractivity contribution in [3.8, 4) is 11.5 Å². The predicted molar refractivity (Wildman–Crippen MR) is 227 cm³/mol. The SMILES string of the molecule is COc1cc(/C=C2\C(=O)NC(=O)N(c3cc4c5c(c3)[C@H](c3ccccc3)CCN5CC[C@@H]4c3ccccc3)C2=O)cc(Br)c1OCc1c(C)ccc2ccccc12. The van der Waals surface area contributed by atoms with Gasteiger partial charge < -0.3 is 14.4 Å². The van der Waals surface area contributed by atoms with Crippen molar-refractivity contribution in [1.82, 2.24) is 5.32 Å². The zero-order valence-corrected chi connectivity index (χ0v) is 33.2. The van der Waals surface area contributed by atoms with Gasteiger partial charge in [-0.15, -0.1) is 0 Å². The Morgan fingerprint density at radius 2 is 1.42 bits per heavy atom. The van der Waals surface area contributed by atoms with Crippen LogP contribution in [0, 0.1) is 6.92 Å². The van der Waals surface area contributed by atoms with Crippen molar-refractivity contribution in [3.63, 3.8) is 0 Å². The summed E-state index contributed by atoms with van der Waals surface area (Å²) in [4.78, 5) is 45.3. The molecule has 3 aliphatic rings. The quantitative estimate of drug-likeness (QED) is 0.122. The van der Waals surface area contributed by atoms with Gasteiger partial charge in [0, 0.05) is 36.2 Å². The maximum absolute atomic E-state index is 14.5. The van der Waals surface area contributed by atoms with Crippen molar-refractivity contribution >= 4 is 62.0 Å². The van der Waals surface area contributed by atoms with E-state index in [0.29, 0.717) is 33.8 Å². The number of halogens is 1. The Kier molecular flexibility index (Phi) is 9.62. The summed E-state index contributed by atoms with van der Waals surface area (Å²) in [6.07, 6.45) is 3.29. The maximum atomic E-state index is 14.5. The molecule has 0 bridgehead atoms. The lowest BCUT2D eigenvalue weighted by atomic mass is 9.76. The summed E-state index contributed by atoms with van der Waals surface area (Å²) < 4.78 is 12.7. The number of urea groups is 1. The van der Waals surface area contributed by atoms with Crippen molar-refractivity contribution in [2.24, 2.45) is 0 Å². The highest BCUT2D eigenvalue weighted by Crippen LogP contribution is 2.50. The molecule has 3 heterocycles. The van der Waals surface area contributed by atoms with Crippen molar-refractivity contribution in [2.45, 2.75) is 38.2 Å². The number of amides is 4. The number of nitrogens with zero attached hydrogens (tertiary/aromatic N) is 2. The maximum Gasteiger partial charge on any atom is 0.335 e. The van der Waals surface area contributed by atoms with E-state index >= 15 is 0 Å². The van der Waals surface area contributed by atoms with Crippen LogP contribution < -0.4 is 24.6 Å². The molecule has 2 atom stereocenters. The zero-order chi connectivity index (χ0) is 39.2. The van der Waals surface area contributed by atoms with Gasteiger partial charge >= 0.3 is 6.03 Å². The standard InChI is InChI=1S/C48H40BrN3O5/c1-29-17-18-33-15-9-10-16-35(33)41(29)28-57-45-42(49)24-30(25-43(45)56-2)23-40-46(53)50-48(55)52(47(40)54)34-26-38-36(31-11-5-3-6-12-31)19-21-51-22-20-37(39(27-34)44(38)51)32-13-7-4-8-14-32/h3-18,23-27,36-37H,19-22,28H2,1-2H3,(H,50,53,55)/b40-23+/t36-,37+. The molecule has 0 saturated carbocycles. The van der Waals surface area contributed by atoms with Crippen molar-refractivity contribution in [3.05, 3.63) is 170 Å². The Morgan fingerprint density at radius 1 is 0.789 bits per heavy atom. The molecule has 9 rings (SSSR count). The van der Waals surface area contributed by atoms with Gasteiger partial charge in [0.15, 0.2) is 11.5 Å². The van der Waals surface area contributed by atoms with Crippen molar-refractivity contribution < 1.29 is 23.9 Å². The van der Waals surface area contributed by atoms with Gasteiger partial charge in [0.25, 0.3) is 11.8 Å². The molecule has 3 aliphatic heterocycles. The number of rotatable bonds is 8. The number of benzene rings is 6. The Morgan fingerprint density at radius 3 is 2.07 bits per heavy atom. The lowest BCUT2D eigenvalue weighted by Gasteiger charge is -2.44. The number of barbiturate groups is 1. The van der Waals surface area contributed by atoms with E-state index in [-0.39, 0.29) is 17.4 Å². The van der Waals surface area contributed by atoms with Crippen molar-refractivity contribution in [1.29, 1.82) is 0 Å². The van der Waals surface area contributed by atoms with Crippen LogP contribution in [-0.4, -0.2) is 38.0 Å². The number of aryl methyl sites for hydroxylation is 1. The second kappa shape index (κ2) is 15.0. The fourth-order valence-corrected chi connectivity index (χ4v) is 9.35. The van der Waals surface area contributed by atoms with Crippen LogP contribution in [0.25, 0.3) is 16.8 Å². The van der Waals surface area contributed by atoms with E-state index < -0.39 is 17.8 Å². The van der Waals surface area contributed by atoms with Crippen LogP contribution in [0.2, 0.25) is 0 Å². The van der Waals surface area contributed by atoms with Gasteiger partial charge in [-0.2, -0.15) is 0 Å². The molecule has 284 valence electrons. The highest BCUT2D eigenvalue weighted by Gasteiger charge is 2.40. The molecule has 1 N–H and O–H groups in total. The van der Waals surface area contributed by atoms with Crippen LogP contribution >= 0.6 is 15.9 Å². The number of imide groups is 2. The Balaban J connectivity index is 1.09. The average molecular weight is 819 g/mol. The molecule has 8 nitrogen and oxygen atoms in total. The lowest BCUT2D eigenvalue weighted by Crippen LogP contribution is -2.54. The molecule has 0 radical (unpaired) electrons. The van der Waals surface area contributed by atoms with Gasteiger partial charge in [-0.1, -0.05) is 97.1 Å². The van der Waals surface area contributed by atoms with E-state index in [1.165, 1.54) is 22.9 Å². The topological polar surface area (TPSA) is 88.2 Å². The van der Waals surface area contributed by atoms with Crippen molar-refractivity contribution in [2.75, 3.05) is 30.0 Å². The number of carbonyl (C=O) groups is 3. The third kappa shape index (κ3) is 6.65. The zero-order valence-electron chi connectivity index (χ0n) is 31.6. The number of nitrogens with one attached hydrogen (secondary N) is 1. The van der Waals surface area contributed by atoms with E-state index in [1.807, 2.05) is 60.7 Å². The average Bonchev–Trinajstić information content (AvgIpc) is 3.23. The monoisotopic (exact) mass is 817 g/mol. The second-order valence-electron chi connectivity index (χ2n) is 14.8. The van der Waals surface area contributed by atoms with E-state index in [4.69, 9.17) is 9.47 Å². The molecule has 1 fully saturated rings. The van der Waals surface area contributed by atoms with Crippen LogP contribution in [0.4, 0.5) is 16.2 Å². The Labute approximate surface area is 339 Å². The number of ether oxygens (including phenoxy) is 2. The second-order valence-corrected chi connectivity index (χ2v) is 15.7. The van der Waals surface area contributed by atoms with Gasteiger partial charge in [0.2, 0.25) is 0 Å². The summed E-state index contributed by atoms with van der Waals surface area (Å²) >= 11 is 3.66. The minimum Gasteiger partial charge on any atom is -0.493 e. The summed E-state index contributed by atoms with van der Waals surface area (Å²) in [5.74, 6) is -0.420. The van der Waals surface area contributed by atoms with E-state index in [0.717, 1.165) is 63.9 Å². The summed E-state index contributed by atoms with van der Waals surface area (Å²) in [6, 6.07) is 39.8. The summed E-state index contributed by atoms with van der Waals surface area (Å²) in [6.45, 7) is 4.19. The van der Waals surface area contributed by atoms with E-state index in [1.54, 1.807) is 19.2 Å².